The van der Waals surface area contributed by atoms with Crippen LogP contribution < -0.4 is 11.3 Å². The van der Waals surface area contributed by atoms with Crippen LogP contribution in [0.1, 0.15) is 39.4 Å². The van der Waals surface area contributed by atoms with Crippen LogP contribution in [0.15, 0.2) is 34.8 Å². The molecular weight excluding hydrogens is 312 g/mol. The minimum atomic E-state index is 0.0137. The molecule has 3 heteroatoms. The van der Waals surface area contributed by atoms with Gasteiger partial charge in [0.2, 0.25) is 0 Å². The molecule has 2 nitrogen and oxygen atoms in total. The molecule has 0 fully saturated rings. The summed E-state index contributed by atoms with van der Waals surface area (Å²) < 4.78 is 1.16. The third-order valence-electron chi connectivity index (χ3n) is 3.82. The van der Waals surface area contributed by atoms with E-state index < -0.39 is 0 Å². The van der Waals surface area contributed by atoms with Crippen LogP contribution >= 0.6 is 15.9 Å². The Morgan fingerprint density at radius 3 is 1.90 bits per heavy atom. The summed E-state index contributed by atoms with van der Waals surface area (Å²) in [6, 6.07) is 10.9. The van der Waals surface area contributed by atoms with Crippen LogP contribution in [0.25, 0.3) is 0 Å². The van der Waals surface area contributed by atoms with Gasteiger partial charge in [-0.3, -0.25) is 5.84 Å². The second-order valence-corrected chi connectivity index (χ2v) is 6.21. The molecule has 0 aromatic heterocycles. The Labute approximate surface area is 129 Å². The van der Waals surface area contributed by atoms with E-state index in [0.29, 0.717) is 0 Å². The Morgan fingerprint density at radius 2 is 1.40 bits per heavy atom. The smallest absolute Gasteiger partial charge is 0.0710 e. The van der Waals surface area contributed by atoms with E-state index in [2.05, 4.69) is 79.4 Å². The molecule has 0 heterocycles. The van der Waals surface area contributed by atoms with Crippen molar-refractivity contribution in [2.45, 2.75) is 33.7 Å². The van der Waals surface area contributed by atoms with Gasteiger partial charge in [-0.15, -0.1) is 0 Å². The second kappa shape index (κ2) is 6.08. The van der Waals surface area contributed by atoms with Crippen molar-refractivity contribution >= 4 is 15.9 Å². The Morgan fingerprint density at radius 1 is 0.850 bits per heavy atom. The lowest BCUT2D eigenvalue weighted by Crippen LogP contribution is -2.29. The summed E-state index contributed by atoms with van der Waals surface area (Å²) in [4.78, 5) is 0. The van der Waals surface area contributed by atoms with Gasteiger partial charge >= 0.3 is 0 Å². The first-order valence-corrected chi connectivity index (χ1v) is 7.53. The first-order valence-electron chi connectivity index (χ1n) is 6.74. The second-order valence-electron chi connectivity index (χ2n) is 5.41. The van der Waals surface area contributed by atoms with Gasteiger partial charge in [0.15, 0.2) is 0 Å². The Bertz CT molecular complexity index is 612. The first-order chi connectivity index (χ1) is 9.43. The lowest BCUT2D eigenvalue weighted by Gasteiger charge is -2.20. The van der Waals surface area contributed by atoms with Gasteiger partial charge in [-0.25, -0.2) is 5.43 Å². The zero-order valence-electron chi connectivity index (χ0n) is 12.4. The Hall–Kier alpha value is -1.16. The quantitative estimate of drug-likeness (QED) is 0.651. The van der Waals surface area contributed by atoms with Crippen molar-refractivity contribution in [3.05, 3.63) is 68.2 Å². The fraction of sp³-hybridized carbons (Fsp3) is 0.294. The van der Waals surface area contributed by atoms with Crippen LogP contribution in [-0.4, -0.2) is 0 Å². The van der Waals surface area contributed by atoms with Gasteiger partial charge in [0, 0.05) is 4.47 Å². The zero-order valence-corrected chi connectivity index (χ0v) is 14.0. The number of nitrogens with two attached hydrogens (primary N) is 1. The van der Waals surface area contributed by atoms with Crippen molar-refractivity contribution in [2.75, 3.05) is 0 Å². The normalized spacial score (nSPS) is 12.5. The molecule has 0 amide bonds. The maximum Gasteiger partial charge on any atom is 0.0710 e. The summed E-state index contributed by atoms with van der Waals surface area (Å²) >= 11 is 3.61. The predicted molar refractivity (Wildman–Crippen MR) is 88.7 cm³/mol. The van der Waals surface area contributed by atoms with E-state index in [1.165, 1.54) is 33.4 Å². The number of hydrogen-bond donors (Lipinski definition) is 2. The Balaban J connectivity index is 2.49. The van der Waals surface area contributed by atoms with E-state index in [0.717, 1.165) is 4.47 Å². The van der Waals surface area contributed by atoms with Crippen LogP contribution in [0.4, 0.5) is 0 Å². The number of benzene rings is 2. The number of aryl methyl sites for hydroxylation is 4. The molecule has 2 aromatic rings. The number of halogens is 1. The van der Waals surface area contributed by atoms with E-state index in [-0.39, 0.29) is 6.04 Å². The summed E-state index contributed by atoms with van der Waals surface area (Å²) in [5, 5.41) is 0. The van der Waals surface area contributed by atoms with E-state index >= 15 is 0 Å². The zero-order chi connectivity index (χ0) is 14.9. The van der Waals surface area contributed by atoms with Crippen molar-refractivity contribution < 1.29 is 0 Å². The number of hydrogen-bond acceptors (Lipinski definition) is 2. The van der Waals surface area contributed by atoms with Gasteiger partial charge in [-0.2, -0.15) is 0 Å². The largest absolute Gasteiger partial charge is 0.271 e. The number of hydrazine groups is 1. The summed E-state index contributed by atoms with van der Waals surface area (Å²) in [7, 11) is 0. The topological polar surface area (TPSA) is 38.0 Å². The SMILES string of the molecule is Cc1ccc(C(NN)c2cc(C)c(Br)c(C)c2)cc1C. The van der Waals surface area contributed by atoms with E-state index in [1.54, 1.807) is 0 Å². The molecule has 0 aliphatic rings. The summed E-state index contributed by atoms with van der Waals surface area (Å²) in [5.41, 5.74) is 10.4. The molecule has 0 radical (unpaired) electrons. The van der Waals surface area contributed by atoms with Crippen molar-refractivity contribution in [3.8, 4) is 0 Å². The molecule has 0 bridgehead atoms. The molecule has 3 N–H and O–H groups in total. The van der Waals surface area contributed by atoms with Crippen molar-refractivity contribution in [3.63, 3.8) is 0 Å². The highest BCUT2D eigenvalue weighted by Crippen LogP contribution is 2.29. The molecule has 2 aromatic carbocycles. The molecule has 106 valence electrons. The van der Waals surface area contributed by atoms with E-state index in [4.69, 9.17) is 5.84 Å². The van der Waals surface area contributed by atoms with Crippen LogP contribution in [0.5, 0.6) is 0 Å². The third-order valence-corrected chi connectivity index (χ3v) is 5.07. The van der Waals surface area contributed by atoms with E-state index in [1.807, 2.05) is 0 Å². The molecule has 0 spiro atoms. The van der Waals surface area contributed by atoms with Crippen LogP contribution in [0, 0.1) is 27.7 Å². The van der Waals surface area contributed by atoms with Gasteiger partial charge in [0.1, 0.15) is 0 Å². The molecule has 20 heavy (non-hydrogen) atoms. The molecule has 0 saturated carbocycles. The molecule has 0 aliphatic carbocycles. The molecule has 0 aliphatic heterocycles. The molecule has 2 rings (SSSR count). The number of rotatable bonds is 3. The van der Waals surface area contributed by atoms with Crippen LogP contribution in [0.2, 0.25) is 0 Å². The molecule has 1 unspecified atom stereocenters. The molecule has 0 saturated heterocycles. The summed E-state index contributed by atoms with van der Waals surface area (Å²) in [5.74, 6) is 5.80. The van der Waals surface area contributed by atoms with E-state index in [9.17, 15) is 0 Å². The molecular formula is C17H21BrN2. The summed E-state index contributed by atoms with van der Waals surface area (Å²) in [6.07, 6.45) is 0. The fourth-order valence-electron chi connectivity index (χ4n) is 2.48. The van der Waals surface area contributed by atoms with Gasteiger partial charge in [-0.1, -0.05) is 46.3 Å². The highest BCUT2D eigenvalue weighted by molar-refractivity contribution is 9.10. The highest BCUT2D eigenvalue weighted by Gasteiger charge is 2.15. The van der Waals surface area contributed by atoms with Gasteiger partial charge < -0.3 is 0 Å². The minimum Gasteiger partial charge on any atom is -0.271 e. The third kappa shape index (κ3) is 2.95. The lowest BCUT2D eigenvalue weighted by molar-refractivity contribution is 0.635. The van der Waals surface area contributed by atoms with Crippen molar-refractivity contribution in [1.82, 2.24) is 5.43 Å². The van der Waals surface area contributed by atoms with Crippen LogP contribution in [-0.2, 0) is 0 Å². The standard InChI is InChI=1S/C17H21BrN2/c1-10-5-6-14(7-11(10)2)17(20-19)15-8-12(3)16(18)13(4)9-15/h5-9,17,20H,19H2,1-4H3. The monoisotopic (exact) mass is 332 g/mol. The Kier molecular flexibility index (Phi) is 4.63. The number of nitrogens with one attached hydrogen (secondary N) is 1. The van der Waals surface area contributed by atoms with Crippen molar-refractivity contribution in [2.24, 2.45) is 5.84 Å². The fourth-order valence-corrected chi connectivity index (χ4v) is 2.70. The maximum atomic E-state index is 5.80. The predicted octanol–water partition coefficient (Wildman–Crippen LogP) is 4.24. The van der Waals surface area contributed by atoms with Crippen molar-refractivity contribution in [1.29, 1.82) is 0 Å². The first kappa shape index (κ1) is 15.2. The van der Waals surface area contributed by atoms with Gasteiger partial charge in [0.25, 0.3) is 0 Å². The highest BCUT2D eigenvalue weighted by atomic mass is 79.9. The van der Waals surface area contributed by atoms with Crippen LogP contribution in [0.3, 0.4) is 0 Å². The van der Waals surface area contributed by atoms with Gasteiger partial charge in [0.05, 0.1) is 6.04 Å². The molecule has 1 atom stereocenters. The minimum absolute atomic E-state index is 0.0137. The average molecular weight is 333 g/mol. The van der Waals surface area contributed by atoms with Gasteiger partial charge in [-0.05, 0) is 61.1 Å². The lowest BCUT2D eigenvalue weighted by atomic mass is 9.94. The summed E-state index contributed by atoms with van der Waals surface area (Å²) in [6.45, 7) is 8.46. The average Bonchev–Trinajstić information content (AvgIpc) is 2.41. The maximum absolute atomic E-state index is 5.80.